The molecule has 0 fully saturated rings. The number of methoxy groups -OCH3 is 2. The van der Waals surface area contributed by atoms with Crippen LogP contribution in [-0.4, -0.2) is 47.3 Å². The Bertz CT molecular complexity index is 1840. The fourth-order valence-corrected chi connectivity index (χ4v) is 6.20. The molecule has 2 heterocycles. The van der Waals surface area contributed by atoms with E-state index in [1.807, 2.05) is 24.3 Å². The smallest absolute Gasteiger partial charge is 0.346 e. The summed E-state index contributed by atoms with van der Waals surface area (Å²) in [6, 6.07) is 23.8. The van der Waals surface area contributed by atoms with E-state index >= 15 is 0 Å². The first-order chi connectivity index (χ1) is 19.5. The number of carbonyl (C=O) groups is 1. The molecule has 0 saturated heterocycles. The first-order valence-corrected chi connectivity index (χ1v) is 13.2. The molecule has 198 valence electrons. The average Bonchev–Trinajstić information content (AvgIpc) is 3.70. The number of ether oxygens (including phenoxy) is 2. The molecule has 9 heteroatoms. The number of hydrogen-bond donors (Lipinski definition) is 1. The topological polar surface area (TPSA) is 118 Å². The van der Waals surface area contributed by atoms with Crippen molar-refractivity contribution in [2.75, 3.05) is 27.4 Å². The summed E-state index contributed by atoms with van der Waals surface area (Å²) >= 11 is 1.11. The van der Waals surface area contributed by atoms with Crippen LogP contribution >= 0.6 is 11.7 Å². The van der Waals surface area contributed by atoms with E-state index in [-0.39, 0.29) is 5.76 Å². The highest BCUT2D eigenvalue weighted by Gasteiger charge is 2.43. The van der Waals surface area contributed by atoms with Gasteiger partial charge in [0.05, 0.1) is 30.4 Å². The Hall–Kier alpha value is -4.62. The highest BCUT2D eigenvalue weighted by atomic mass is 32.1. The van der Waals surface area contributed by atoms with Gasteiger partial charge in [0.1, 0.15) is 34.2 Å². The van der Waals surface area contributed by atoms with E-state index in [0.717, 1.165) is 45.1 Å². The molecule has 0 spiro atoms. The summed E-state index contributed by atoms with van der Waals surface area (Å²) in [7, 11) is 3.42. The van der Waals surface area contributed by atoms with Crippen molar-refractivity contribution in [3.8, 4) is 39.6 Å². The van der Waals surface area contributed by atoms with Crippen molar-refractivity contribution in [2.45, 2.75) is 5.41 Å². The number of benzene rings is 3. The van der Waals surface area contributed by atoms with Gasteiger partial charge in [0, 0.05) is 31.4 Å². The van der Waals surface area contributed by atoms with E-state index in [4.69, 9.17) is 24.3 Å². The minimum Gasteiger partial charge on any atom is -0.477 e. The van der Waals surface area contributed by atoms with Crippen LogP contribution < -0.4 is 0 Å². The van der Waals surface area contributed by atoms with E-state index in [9.17, 15) is 4.79 Å². The number of furan rings is 1. The van der Waals surface area contributed by atoms with Gasteiger partial charge in [0.15, 0.2) is 0 Å². The summed E-state index contributed by atoms with van der Waals surface area (Å²) in [5.41, 5.74) is 7.88. The monoisotopic (exact) mass is 549 g/mol. The van der Waals surface area contributed by atoms with Crippen LogP contribution in [0.2, 0.25) is 0 Å². The van der Waals surface area contributed by atoms with E-state index < -0.39 is 17.0 Å². The van der Waals surface area contributed by atoms with Crippen molar-refractivity contribution in [1.82, 2.24) is 8.75 Å². The Morgan fingerprint density at radius 1 is 0.950 bits per heavy atom. The van der Waals surface area contributed by atoms with E-state index in [1.54, 1.807) is 32.4 Å². The second-order valence-corrected chi connectivity index (χ2v) is 10.1. The summed E-state index contributed by atoms with van der Waals surface area (Å²) in [6.07, 6.45) is 1.20. The largest absolute Gasteiger partial charge is 0.477 e. The maximum absolute atomic E-state index is 11.2. The number of aliphatic carboxylic acids is 1. The summed E-state index contributed by atoms with van der Waals surface area (Å²) in [5.74, 6) is -0.546. The van der Waals surface area contributed by atoms with Crippen LogP contribution in [0.5, 0.6) is 0 Å². The van der Waals surface area contributed by atoms with Gasteiger partial charge in [-0.25, -0.2) is 4.79 Å². The number of aromatic nitrogens is 2. The lowest BCUT2D eigenvalue weighted by molar-refractivity contribution is -0.132. The molecule has 0 unspecified atom stereocenters. The molecule has 0 radical (unpaired) electrons. The molecule has 1 aliphatic carbocycles. The van der Waals surface area contributed by atoms with Gasteiger partial charge < -0.3 is 19.0 Å². The van der Waals surface area contributed by atoms with Crippen molar-refractivity contribution >= 4 is 34.8 Å². The molecule has 8 nitrogen and oxygen atoms in total. The minimum atomic E-state index is -1.31. The fourth-order valence-electron chi connectivity index (χ4n) is 5.63. The molecule has 0 amide bonds. The predicted molar refractivity (Wildman–Crippen MR) is 152 cm³/mol. The van der Waals surface area contributed by atoms with Crippen LogP contribution in [-0.2, 0) is 19.7 Å². The molecular weight excluding hydrogens is 526 g/mol. The van der Waals surface area contributed by atoms with Crippen molar-refractivity contribution in [3.05, 3.63) is 89.2 Å². The van der Waals surface area contributed by atoms with Gasteiger partial charge in [-0.1, -0.05) is 42.5 Å². The summed E-state index contributed by atoms with van der Waals surface area (Å²) in [4.78, 5) is 11.2. The maximum Gasteiger partial charge on any atom is 0.346 e. The number of fused-ring (bicyclic) bond motifs is 4. The number of nitrogens with zero attached hydrogens (tertiary/aromatic N) is 3. The highest BCUT2D eigenvalue weighted by Crippen LogP contribution is 2.50. The number of rotatable bonds is 8. The van der Waals surface area contributed by atoms with Gasteiger partial charge in [-0.3, -0.25) is 0 Å². The van der Waals surface area contributed by atoms with Crippen LogP contribution in [0.25, 0.3) is 50.7 Å². The standard InChI is InChI=1S/C31H23N3O5S/c1-37-16-31(17-38-2)25-6-4-3-5-22(25)23-9-7-18(14-26(23)31)21-10-11-24(29-28(21)33-40-34-29)27-12-8-20(39-27)13-19(15-32)30(35)36/h3-14H,16-17H2,1-2H3,(H,35,36)/b19-13-. The first-order valence-electron chi connectivity index (χ1n) is 12.4. The second-order valence-electron chi connectivity index (χ2n) is 9.55. The molecule has 3 aromatic carbocycles. The zero-order chi connectivity index (χ0) is 27.9. The molecule has 0 saturated carbocycles. The highest BCUT2D eigenvalue weighted by molar-refractivity contribution is 7.00. The number of nitriles is 1. The van der Waals surface area contributed by atoms with Crippen LogP contribution in [0.1, 0.15) is 16.9 Å². The van der Waals surface area contributed by atoms with E-state index in [0.29, 0.717) is 24.5 Å². The lowest BCUT2D eigenvalue weighted by atomic mass is 9.79. The number of carboxylic acid groups (broad SMARTS) is 1. The lowest BCUT2D eigenvalue weighted by Crippen LogP contribution is -2.35. The molecule has 5 aromatic rings. The van der Waals surface area contributed by atoms with Crippen LogP contribution in [0.4, 0.5) is 0 Å². The van der Waals surface area contributed by atoms with Crippen molar-refractivity contribution in [2.24, 2.45) is 0 Å². The Balaban J connectivity index is 1.46. The number of carboxylic acids is 1. The molecule has 1 aliphatic rings. The normalized spacial score (nSPS) is 13.7. The second kappa shape index (κ2) is 10.2. The molecule has 0 atom stereocenters. The molecule has 2 aromatic heterocycles. The molecule has 0 bridgehead atoms. The maximum atomic E-state index is 11.2. The minimum absolute atomic E-state index is 0.264. The molecular formula is C31H23N3O5S. The van der Waals surface area contributed by atoms with Gasteiger partial charge in [0.2, 0.25) is 0 Å². The Morgan fingerprint density at radius 3 is 2.35 bits per heavy atom. The number of hydrogen-bond acceptors (Lipinski definition) is 8. The third-order valence-electron chi connectivity index (χ3n) is 7.31. The van der Waals surface area contributed by atoms with Gasteiger partial charge in [-0.15, -0.1) is 0 Å². The van der Waals surface area contributed by atoms with Crippen molar-refractivity contribution in [1.29, 1.82) is 5.26 Å². The van der Waals surface area contributed by atoms with Gasteiger partial charge in [-0.2, -0.15) is 14.0 Å². The van der Waals surface area contributed by atoms with Crippen molar-refractivity contribution < 1.29 is 23.8 Å². The molecule has 40 heavy (non-hydrogen) atoms. The molecule has 6 rings (SSSR count). The van der Waals surface area contributed by atoms with E-state index in [1.165, 1.54) is 17.2 Å². The van der Waals surface area contributed by atoms with Gasteiger partial charge >= 0.3 is 5.97 Å². The Kier molecular flexibility index (Phi) is 6.52. The predicted octanol–water partition coefficient (Wildman–Crippen LogP) is 6.17. The Morgan fingerprint density at radius 2 is 1.62 bits per heavy atom. The zero-order valence-electron chi connectivity index (χ0n) is 21.7. The van der Waals surface area contributed by atoms with Crippen LogP contribution in [0.3, 0.4) is 0 Å². The van der Waals surface area contributed by atoms with Crippen molar-refractivity contribution in [3.63, 3.8) is 0 Å². The third-order valence-corrected chi connectivity index (χ3v) is 7.83. The van der Waals surface area contributed by atoms with E-state index in [2.05, 4.69) is 39.1 Å². The quantitative estimate of drug-likeness (QED) is 0.180. The summed E-state index contributed by atoms with van der Waals surface area (Å²) in [5, 5.41) is 18.2. The lowest BCUT2D eigenvalue weighted by Gasteiger charge is -2.30. The average molecular weight is 550 g/mol. The molecule has 0 aliphatic heterocycles. The summed E-state index contributed by atoms with van der Waals surface area (Å²) in [6.45, 7) is 0.956. The molecule has 1 N–H and O–H groups in total. The first kappa shape index (κ1) is 25.6. The van der Waals surface area contributed by atoms with Gasteiger partial charge in [0.25, 0.3) is 0 Å². The third kappa shape index (κ3) is 4.01. The fraction of sp³-hybridized carbons (Fsp3) is 0.161. The van der Waals surface area contributed by atoms with Gasteiger partial charge in [-0.05, 0) is 52.1 Å². The summed E-state index contributed by atoms with van der Waals surface area (Å²) < 4.78 is 26.5. The SMILES string of the molecule is COCC1(COC)c2ccccc2-c2ccc(-c3ccc(-c4ccc(/C=C(/C#N)C(=O)O)o4)c4nsnc34)cc21. The van der Waals surface area contributed by atoms with Crippen LogP contribution in [0, 0.1) is 11.3 Å². The van der Waals surface area contributed by atoms with Crippen LogP contribution in [0.15, 0.2) is 76.7 Å². The zero-order valence-corrected chi connectivity index (χ0v) is 22.5. The Labute approximate surface area is 234 Å².